The predicted molar refractivity (Wildman–Crippen MR) is 90.6 cm³/mol. The van der Waals surface area contributed by atoms with Gasteiger partial charge in [0, 0.05) is 24.0 Å². The van der Waals surface area contributed by atoms with E-state index in [-0.39, 0.29) is 11.8 Å². The third-order valence-corrected chi connectivity index (χ3v) is 4.20. The van der Waals surface area contributed by atoms with Gasteiger partial charge >= 0.3 is 0 Å². The van der Waals surface area contributed by atoms with Crippen LogP contribution in [0.5, 0.6) is 0 Å². The van der Waals surface area contributed by atoms with Crippen molar-refractivity contribution in [2.75, 3.05) is 11.9 Å². The molecule has 0 unspecified atom stereocenters. The SMILES string of the molecule is O=C(CCCNC(=O)c1cccs1)Nc1ccc2[nH]ncc2c1. The fourth-order valence-electron chi connectivity index (χ4n) is 2.19. The molecule has 2 heterocycles. The van der Waals surface area contributed by atoms with Gasteiger partial charge in [-0.15, -0.1) is 11.3 Å². The van der Waals surface area contributed by atoms with Crippen molar-refractivity contribution in [2.24, 2.45) is 0 Å². The Morgan fingerprint density at radius 2 is 2.17 bits per heavy atom. The molecule has 3 N–H and O–H groups in total. The van der Waals surface area contributed by atoms with Gasteiger partial charge in [-0.05, 0) is 36.1 Å². The third kappa shape index (κ3) is 3.95. The number of aromatic nitrogens is 2. The smallest absolute Gasteiger partial charge is 0.261 e. The quantitative estimate of drug-likeness (QED) is 0.608. The Bertz CT molecular complexity index is 810. The second-order valence-electron chi connectivity index (χ2n) is 5.06. The van der Waals surface area contributed by atoms with Crippen molar-refractivity contribution in [3.63, 3.8) is 0 Å². The lowest BCUT2D eigenvalue weighted by molar-refractivity contribution is -0.116. The Morgan fingerprint density at radius 3 is 3.00 bits per heavy atom. The van der Waals surface area contributed by atoms with E-state index in [1.807, 2.05) is 29.6 Å². The van der Waals surface area contributed by atoms with Gasteiger partial charge in [0.05, 0.1) is 16.6 Å². The second-order valence-corrected chi connectivity index (χ2v) is 6.00. The fourth-order valence-corrected chi connectivity index (χ4v) is 2.83. The zero-order valence-corrected chi connectivity index (χ0v) is 13.2. The van der Waals surface area contributed by atoms with Gasteiger partial charge in [0.2, 0.25) is 5.91 Å². The average molecular weight is 328 g/mol. The Labute approximate surface area is 136 Å². The van der Waals surface area contributed by atoms with Crippen molar-refractivity contribution in [2.45, 2.75) is 12.8 Å². The topological polar surface area (TPSA) is 86.9 Å². The number of nitrogens with one attached hydrogen (secondary N) is 3. The van der Waals surface area contributed by atoms with Gasteiger partial charge in [0.1, 0.15) is 0 Å². The first-order chi connectivity index (χ1) is 11.2. The number of carbonyl (C=O) groups is 2. The molecule has 0 aliphatic carbocycles. The molecule has 0 fully saturated rings. The number of amides is 2. The van der Waals surface area contributed by atoms with E-state index < -0.39 is 0 Å². The summed E-state index contributed by atoms with van der Waals surface area (Å²) in [7, 11) is 0. The van der Waals surface area contributed by atoms with Crippen LogP contribution in [0.25, 0.3) is 10.9 Å². The highest BCUT2D eigenvalue weighted by Crippen LogP contribution is 2.16. The van der Waals surface area contributed by atoms with Gasteiger partial charge < -0.3 is 10.6 Å². The number of carbonyl (C=O) groups excluding carboxylic acids is 2. The van der Waals surface area contributed by atoms with E-state index in [9.17, 15) is 9.59 Å². The van der Waals surface area contributed by atoms with E-state index in [1.165, 1.54) is 11.3 Å². The van der Waals surface area contributed by atoms with E-state index in [1.54, 1.807) is 12.3 Å². The molecule has 0 aliphatic rings. The van der Waals surface area contributed by atoms with Crippen LogP contribution in [0, 0.1) is 0 Å². The number of H-pyrrole nitrogens is 1. The summed E-state index contributed by atoms with van der Waals surface area (Å²) < 4.78 is 0. The van der Waals surface area contributed by atoms with Gasteiger partial charge in [-0.3, -0.25) is 14.7 Å². The van der Waals surface area contributed by atoms with E-state index in [2.05, 4.69) is 20.8 Å². The average Bonchev–Trinajstić information content (AvgIpc) is 3.21. The summed E-state index contributed by atoms with van der Waals surface area (Å²) in [5.74, 6) is -0.163. The summed E-state index contributed by atoms with van der Waals surface area (Å²) >= 11 is 1.40. The molecule has 118 valence electrons. The Balaban J connectivity index is 1.41. The molecular formula is C16H16N4O2S. The maximum Gasteiger partial charge on any atom is 0.261 e. The third-order valence-electron chi connectivity index (χ3n) is 3.34. The van der Waals surface area contributed by atoms with Crippen molar-refractivity contribution in [3.05, 3.63) is 46.8 Å². The minimum atomic E-state index is -0.0918. The number of rotatable bonds is 6. The van der Waals surface area contributed by atoms with Gasteiger partial charge in [-0.25, -0.2) is 0 Å². The number of anilines is 1. The van der Waals surface area contributed by atoms with Crippen LogP contribution in [-0.4, -0.2) is 28.6 Å². The molecule has 23 heavy (non-hydrogen) atoms. The maximum absolute atomic E-state index is 11.9. The lowest BCUT2D eigenvalue weighted by Crippen LogP contribution is -2.24. The first-order valence-electron chi connectivity index (χ1n) is 7.27. The number of fused-ring (bicyclic) bond motifs is 1. The second kappa shape index (κ2) is 7.06. The zero-order chi connectivity index (χ0) is 16.1. The number of aromatic amines is 1. The molecule has 1 aromatic carbocycles. The highest BCUT2D eigenvalue weighted by atomic mass is 32.1. The molecular weight excluding hydrogens is 312 g/mol. The molecule has 3 aromatic rings. The van der Waals surface area contributed by atoms with Crippen LogP contribution in [0.2, 0.25) is 0 Å². The summed E-state index contributed by atoms with van der Waals surface area (Å²) in [5.41, 5.74) is 1.67. The molecule has 0 atom stereocenters. The van der Waals surface area contributed by atoms with Crippen LogP contribution in [0.3, 0.4) is 0 Å². The largest absolute Gasteiger partial charge is 0.351 e. The molecule has 3 rings (SSSR count). The number of nitrogens with zero attached hydrogens (tertiary/aromatic N) is 1. The number of hydrogen-bond acceptors (Lipinski definition) is 4. The predicted octanol–water partition coefficient (Wildman–Crippen LogP) is 2.77. The van der Waals surface area contributed by atoms with Crippen molar-refractivity contribution in [1.82, 2.24) is 15.5 Å². The maximum atomic E-state index is 11.9. The Kier molecular flexibility index (Phi) is 4.68. The summed E-state index contributed by atoms with van der Waals surface area (Å²) in [4.78, 5) is 24.3. The molecule has 0 saturated heterocycles. The van der Waals surface area contributed by atoms with Crippen LogP contribution in [0.15, 0.2) is 41.9 Å². The highest BCUT2D eigenvalue weighted by Gasteiger charge is 2.07. The summed E-state index contributed by atoms with van der Waals surface area (Å²) in [6.45, 7) is 0.477. The molecule has 0 saturated carbocycles. The number of hydrogen-bond donors (Lipinski definition) is 3. The molecule has 7 heteroatoms. The molecule has 0 bridgehead atoms. The molecule has 2 aromatic heterocycles. The Morgan fingerprint density at radius 1 is 1.26 bits per heavy atom. The zero-order valence-electron chi connectivity index (χ0n) is 12.3. The summed E-state index contributed by atoms with van der Waals surface area (Å²) in [6, 6.07) is 9.19. The van der Waals surface area contributed by atoms with Gasteiger partial charge in [-0.2, -0.15) is 5.10 Å². The van der Waals surface area contributed by atoms with E-state index >= 15 is 0 Å². The normalized spacial score (nSPS) is 10.6. The molecule has 0 radical (unpaired) electrons. The van der Waals surface area contributed by atoms with Crippen molar-refractivity contribution in [1.29, 1.82) is 0 Å². The van der Waals surface area contributed by atoms with Gasteiger partial charge in [0.15, 0.2) is 0 Å². The van der Waals surface area contributed by atoms with Crippen LogP contribution in [0.1, 0.15) is 22.5 Å². The van der Waals surface area contributed by atoms with Crippen molar-refractivity contribution in [3.8, 4) is 0 Å². The number of thiophene rings is 1. The lowest BCUT2D eigenvalue weighted by atomic mass is 10.2. The standard InChI is InChI=1S/C16H16N4O2S/c21-15(4-1-7-17-16(22)14-3-2-8-23-14)19-12-5-6-13-11(9-12)10-18-20-13/h2-3,5-6,8-10H,1,4,7H2,(H,17,22)(H,18,20)(H,19,21). The van der Waals surface area contributed by atoms with Crippen LogP contribution >= 0.6 is 11.3 Å². The van der Waals surface area contributed by atoms with Crippen LogP contribution in [-0.2, 0) is 4.79 Å². The molecule has 2 amide bonds. The lowest BCUT2D eigenvalue weighted by Gasteiger charge is -2.06. The van der Waals surface area contributed by atoms with Gasteiger partial charge in [0.25, 0.3) is 5.91 Å². The minimum Gasteiger partial charge on any atom is -0.351 e. The fraction of sp³-hybridized carbons (Fsp3) is 0.188. The molecule has 0 aliphatic heterocycles. The van der Waals surface area contributed by atoms with Crippen molar-refractivity contribution < 1.29 is 9.59 Å². The van der Waals surface area contributed by atoms with E-state index in [4.69, 9.17) is 0 Å². The first kappa shape index (κ1) is 15.2. The van der Waals surface area contributed by atoms with Crippen LogP contribution < -0.4 is 10.6 Å². The summed E-state index contributed by atoms with van der Waals surface area (Å²) in [6.07, 6.45) is 2.66. The Hall–Kier alpha value is -2.67. The minimum absolute atomic E-state index is 0.0711. The van der Waals surface area contributed by atoms with Crippen LogP contribution in [0.4, 0.5) is 5.69 Å². The molecule has 0 spiro atoms. The van der Waals surface area contributed by atoms with E-state index in [0.717, 1.165) is 16.6 Å². The first-order valence-corrected chi connectivity index (χ1v) is 8.15. The molecule has 6 nitrogen and oxygen atoms in total. The van der Waals surface area contributed by atoms with Gasteiger partial charge in [-0.1, -0.05) is 6.07 Å². The van der Waals surface area contributed by atoms with Crippen molar-refractivity contribution >= 4 is 39.7 Å². The van der Waals surface area contributed by atoms with E-state index in [0.29, 0.717) is 24.3 Å². The number of benzene rings is 1. The summed E-state index contributed by atoms with van der Waals surface area (Å²) in [5, 5.41) is 15.3. The monoisotopic (exact) mass is 328 g/mol. The highest BCUT2D eigenvalue weighted by molar-refractivity contribution is 7.12.